The lowest BCUT2D eigenvalue weighted by Gasteiger charge is -2.29. The molecule has 0 saturated carbocycles. The molecule has 0 spiro atoms. The van der Waals surface area contributed by atoms with Crippen LogP contribution in [0.3, 0.4) is 0 Å². The summed E-state index contributed by atoms with van der Waals surface area (Å²) in [5, 5.41) is 10.7. The molecule has 2 aromatic carbocycles. The highest BCUT2D eigenvalue weighted by molar-refractivity contribution is 7.89. The average molecular weight is 373 g/mol. The van der Waals surface area contributed by atoms with Crippen LogP contribution in [0.25, 0.3) is 5.57 Å². The maximum atomic E-state index is 12.4. The van der Waals surface area contributed by atoms with Gasteiger partial charge in [0.25, 0.3) is 0 Å². The van der Waals surface area contributed by atoms with Crippen LogP contribution in [-0.2, 0) is 15.6 Å². The molecule has 2 rings (SSSR count). The number of hydrogen-bond acceptors (Lipinski definition) is 3. The number of anilines is 1. The fraction of sp³-hybridized carbons (Fsp3) is 0.211. The first kappa shape index (κ1) is 19.7. The van der Waals surface area contributed by atoms with E-state index in [4.69, 9.17) is 5.14 Å². The lowest BCUT2D eigenvalue weighted by molar-refractivity contribution is 0.242. The third kappa shape index (κ3) is 4.71. The number of rotatable bonds is 5. The van der Waals surface area contributed by atoms with Crippen LogP contribution in [0.5, 0.6) is 0 Å². The van der Waals surface area contributed by atoms with Crippen LogP contribution in [0.2, 0.25) is 0 Å². The number of nitrogens with two attached hydrogens (primary N) is 1. The second kappa shape index (κ2) is 7.31. The van der Waals surface area contributed by atoms with Crippen LogP contribution < -0.4 is 15.8 Å². The van der Waals surface area contributed by atoms with Crippen molar-refractivity contribution in [1.29, 1.82) is 0 Å². The minimum absolute atomic E-state index is 0.0147. The van der Waals surface area contributed by atoms with E-state index in [9.17, 15) is 13.2 Å². The highest BCUT2D eigenvalue weighted by Gasteiger charge is 2.25. The van der Waals surface area contributed by atoms with E-state index >= 15 is 0 Å². The van der Waals surface area contributed by atoms with E-state index in [-0.39, 0.29) is 4.90 Å². The van der Waals surface area contributed by atoms with Gasteiger partial charge >= 0.3 is 6.03 Å². The number of amides is 2. The van der Waals surface area contributed by atoms with Gasteiger partial charge in [-0.3, -0.25) is 0 Å². The van der Waals surface area contributed by atoms with Gasteiger partial charge in [-0.05, 0) is 56.2 Å². The quantitative estimate of drug-likeness (QED) is 0.748. The molecule has 0 aromatic heterocycles. The summed E-state index contributed by atoms with van der Waals surface area (Å²) in [6.45, 7) is 9.71. The number of benzene rings is 2. The molecule has 0 aliphatic rings. The minimum atomic E-state index is -3.76. The molecular formula is C19H23N3O3S. The van der Waals surface area contributed by atoms with Gasteiger partial charge in [0.15, 0.2) is 0 Å². The van der Waals surface area contributed by atoms with E-state index < -0.39 is 21.6 Å². The van der Waals surface area contributed by atoms with Crippen molar-refractivity contribution in [2.24, 2.45) is 5.14 Å². The van der Waals surface area contributed by atoms with Crippen LogP contribution in [0.1, 0.15) is 31.9 Å². The molecule has 0 fully saturated rings. The van der Waals surface area contributed by atoms with Gasteiger partial charge in [-0.1, -0.05) is 36.4 Å². The van der Waals surface area contributed by atoms with Gasteiger partial charge < -0.3 is 10.6 Å². The summed E-state index contributed by atoms with van der Waals surface area (Å²) in [6.07, 6.45) is 0. The Morgan fingerprint density at radius 3 is 2.19 bits per heavy atom. The molecule has 0 bridgehead atoms. The van der Waals surface area contributed by atoms with E-state index in [0.29, 0.717) is 5.69 Å². The molecule has 2 aromatic rings. The Hall–Kier alpha value is -2.64. The van der Waals surface area contributed by atoms with Crippen molar-refractivity contribution in [3.63, 3.8) is 0 Å². The minimum Gasteiger partial charge on any atom is -0.329 e. The zero-order valence-electron chi connectivity index (χ0n) is 15.0. The Labute approximate surface area is 154 Å². The molecule has 6 nitrogen and oxygen atoms in total. The summed E-state index contributed by atoms with van der Waals surface area (Å²) in [5.74, 6) is 0. The van der Waals surface area contributed by atoms with Gasteiger partial charge in [0.05, 0.1) is 10.4 Å². The summed E-state index contributed by atoms with van der Waals surface area (Å²) in [4.78, 5) is 12.4. The second-order valence-electron chi connectivity index (χ2n) is 6.60. The molecule has 0 aliphatic heterocycles. The summed E-state index contributed by atoms with van der Waals surface area (Å²) in [6, 6.07) is 13.0. The van der Waals surface area contributed by atoms with E-state index in [0.717, 1.165) is 16.7 Å². The predicted molar refractivity (Wildman–Crippen MR) is 104 cm³/mol. The number of carbonyl (C=O) groups is 1. The van der Waals surface area contributed by atoms with E-state index in [1.165, 1.54) is 24.3 Å². The van der Waals surface area contributed by atoms with Gasteiger partial charge in [0.2, 0.25) is 10.0 Å². The van der Waals surface area contributed by atoms with Crippen LogP contribution in [0.15, 0.2) is 60.0 Å². The zero-order chi connectivity index (χ0) is 19.5. The molecule has 138 valence electrons. The Kier molecular flexibility index (Phi) is 5.53. The van der Waals surface area contributed by atoms with E-state index in [1.54, 1.807) is 0 Å². The van der Waals surface area contributed by atoms with Crippen LogP contribution in [0, 0.1) is 0 Å². The number of nitrogens with one attached hydrogen (secondary N) is 2. The topological polar surface area (TPSA) is 101 Å². The van der Waals surface area contributed by atoms with Gasteiger partial charge in [-0.2, -0.15) is 0 Å². The first-order valence-electron chi connectivity index (χ1n) is 7.98. The Balaban J connectivity index is 2.15. The van der Waals surface area contributed by atoms with Crippen molar-refractivity contribution in [3.8, 4) is 0 Å². The van der Waals surface area contributed by atoms with Crippen LogP contribution in [0.4, 0.5) is 10.5 Å². The lowest BCUT2D eigenvalue weighted by Crippen LogP contribution is -2.43. The smallest absolute Gasteiger partial charge is 0.319 e. The Morgan fingerprint density at radius 1 is 1.08 bits per heavy atom. The number of primary sulfonamides is 1. The van der Waals surface area contributed by atoms with Crippen molar-refractivity contribution < 1.29 is 13.2 Å². The second-order valence-corrected chi connectivity index (χ2v) is 8.16. The molecule has 0 radical (unpaired) electrons. The fourth-order valence-electron chi connectivity index (χ4n) is 2.64. The highest BCUT2D eigenvalue weighted by atomic mass is 32.2. The van der Waals surface area contributed by atoms with E-state index in [1.807, 2.05) is 45.0 Å². The van der Waals surface area contributed by atoms with Gasteiger partial charge in [-0.25, -0.2) is 18.4 Å². The predicted octanol–water partition coefficient (Wildman–Crippen LogP) is 3.42. The first-order chi connectivity index (χ1) is 12.0. The third-order valence-electron chi connectivity index (χ3n) is 3.93. The number of carbonyl (C=O) groups excluding carboxylic acids is 1. The number of urea groups is 1. The molecule has 0 atom stereocenters. The van der Waals surface area contributed by atoms with Crippen molar-refractivity contribution in [1.82, 2.24) is 5.32 Å². The van der Waals surface area contributed by atoms with Crippen molar-refractivity contribution in [3.05, 3.63) is 66.2 Å². The maximum Gasteiger partial charge on any atom is 0.319 e. The molecule has 0 saturated heterocycles. The molecule has 0 aliphatic carbocycles. The number of allylic oxidation sites excluding steroid dienone is 1. The standard InChI is InChI=1S/C19H23N3O3S/c1-13(2)16-7-5-6-8-17(16)19(3,4)22-18(23)21-14-9-11-15(12-10-14)26(20,24)25/h5-12H,1H2,2-4H3,(H2,20,24,25)(H2,21,22,23). The SMILES string of the molecule is C=C(C)c1ccccc1C(C)(C)NC(=O)Nc1ccc(S(N)(=O)=O)cc1. The van der Waals surface area contributed by atoms with Gasteiger partial charge in [-0.15, -0.1) is 0 Å². The van der Waals surface area contributed by atoms with Gasteiger partial charge in [0.1, 0.15) is 0 Å². The summed E-state index contributed by atoms with van der Waals surface area (Å²) >= 11 is 0. The number of hydrogen-bond donors (Lipinski definition) is 3. The largest absolute Gasteiger partial charge is 0.329 e. The molecule has 4 N–H and O–H groups in total. The summed E-state index contributed by atoms with van der Waals surface area (Å²) in [5.41, 5.74) is 2.66. The zero-order valence-corrected chi connectivity index (χ0v) is 15.9. The molecular weight excluding hydrogens is 350 g/mol. The van der Waals surface area contributed by atoms with E-state index in [2.05, 4.69) is 17.2 Å². The summed E-state index contributed by atoms with van der Waals surface area (Å²) < 4.78 is 22.5. The molecule has 7 heteroatoms. The Morgan fingerprint density at radius 2 is 1.65 bits per heavy atom. The van der Waals surface area contributed by atoms with Crippen molar-refractivity contribution in [2.45, 2.75) is 31.2 Å². The van der Waals surface area contributed by atoms with Gasteiger partial charge in [0, 0.05) is 5.69 Å². The van der Waals surface area contributed by atoms with Crippen molar-refractivity contribution in [2.75, 3.05) is 5.32 Å². The monoisotopic (exact) mass is 373 g/mol. The fourth-order valence-corrected chi connectivity index (χ4v) is 3.16. The maximum absolute atomic E-state index is 12.4. The molecule has 0 unspecified atom stereocenters. The summed E-state index contributed by atoms with van der Waals surface area (Å²) in [7, 11) is -3.76. The normalized spacial score (nSPS) is 11.7. The lowest BCUT2D eigenvalue weighted by atomic mass is 9.87. The molecule has 0 heterocycles. The first-order valence-corrected chi connectivity index (χ1v) is 9.53. The van der Waals surface area contributed by atoms with Crippen LogP contribution >= 0.6 is 0 Å². The van der Waals surface area contributed by atoms with Crippen LogP contribution in [-0.4, -0.2) is 14.4 Å². The number of sulfonamides is 1. The Bertz CT molecular complexity index is 933. The highest BCUT2D eigenvalue weighted by Crippen LogP contribution is 2.28. The molecule has 26 heavy (non-hydrogen) atoms. The average Bonchev–Trinajstić information content (AvgIpc) is 2.54. The van der Waals surface area contributed by atoms with Crippen molar-refractivity contribution >= 4 is 27.3 Å². The third-order valence-corrected chi connectivity index (χ3v) is 4.86. The molecule has 2 amide bonds.